The Morgan fingerprint density at radius 3 is 2.43 bits per heavy atom. The van der Waals surface area contributed by atoms with E-state index in [1.54, 1.807) is 36.7 Å². The minimum atomic E-state index is -0.208. The topological polar surface area (TPSA) is 25.8 Å². The van der Waals surface area contributed by atoms with Crippen molar-refractivity contribution in [3.05, 3.63) is 59.9 Å². The average Bonchev–Trinajstić information content (AvgIpc) is 2.23. The Morgan fingerprint density at radius 1 is 1.00 bits per heavy atom. The Labute approximate surface area is 81.5 Å². The summed E-state index contributed by atoms with van der Waals surface area (Å²) >= 11 is 0. The number of hydrogen-bond acceptors (Lipinski definition) is 2. The fraction of sp³-hybridized carbons (Fsp3) is 0.0909. The zero-order chi connectivity index (χ0) is 9.80. The Balaban J connectivity index is 2.24. The summed E-state index contributed by atoms with van der Waals surface area (Å²) in [5, 5.41) is 0. The summed E-state index contributed by atoms with van der Waals surface area (Å²) in [4.78, 5) is 8.07. The van der Waals surface area contributed by atoms with E-state index in [4.69, 9.17) is 0 Å². The monoisotopic (exact) mass is 188 g/mol. The highest BCUT2D eigenvalue weighted by molar-refractivity contribution is 5.20. The van der Waals surface area contributed by atoms with Crippen LogP contribution in [0.5, 0.6) is 0 Å². The second-order valence-corrected chi connectivity index (χ2v) is 2.93. The van der Waals surface area contributed by atoms with Crippen molar-refractivity contribution in [3.8, 4) is 0 Å². The maximum Gasteiger partial charge on any atom is 0.132 e. The van der Waals surface area contributed by atoms with E-state index in [0.717, 1.165) is 0 Å². The molecule has 0 aliphatic carbocycles. The first kappa shape index (κ1) is 8.81. The van der Waals surface area contributed by atoms with Crippen molar-refractivity contribution in [1.29, 1.82) is 0 Å². The predicted octanol–water partition coefficient (Wildman–Crippen LogP) is 2.21. The second-order valence-electron chi connectivity index (χ2n) is 2.93. The van der Waals surface area contributed by atoms with Gasteiger partial charge in [-0.1, -0.05) is 18.2 Å². The van der Waals surface area contributed by atoms with Gasteiger partial charge in [0.2, 0.25) is 0 Å². The molecule has 1 heterocycles. The third-order valence-corrected chi connectivity index (χ3v) is 1.93. The first-order chi connectivity index (χ1) is 6.86. The maximum atomic E-state index is 13.2. The molecule has 0 aliphatic rings. The molecule has 0 spiro atoms. The Hall–Kier alpha value is -1.77. The fourth-order valence-corrected chi connectivity index (χ4v) is 1.23. The number of nitrogens with zero attached hydrogens (tertiary/aromatic N) is 2. The van der Waals surface area contributed by atoms with Crippen molar-refractivity contribution < 1.29 is 4.39 Å². The average molecular weight is 188 g/mol. The van der Waals surface area contributed by atoms with Crippen LogP contribution in [0.15, 0.2) is 42.7 Å². The van der Waals surface area contributed by atoms with Gasteiger partial charge in [-0.2, -0.15) is 0 Å². The fourth-order valence-electron chi connectivity index (χ4n) is 1.23. The molecule has 0 aliphatic heterocycles. The summed E-state index contributed by atoms with van der Waals surface area (Å²) < 4.78 is 13.2. The number of halogens is 1. The van der Waals surface area contributed by atoms with Crippen LogP contribution in [-0.2, 0) is 6.42 Å². The lowest BCUT2D eigenvalue weighted by molar-refractivity contribution is 0.612. The van der Waals surface area contributed by atoms with Crippen LogP contribution < -0.4 is 0 Å². The highest BCUT2D eigenvalue weighted by Gasteiger charge is 2.02. The first-order valence-corrected chi connectivity index (χ1v) is 4.35. The third-order valence-electron chi connectivity index (χ3n) is 1.93. The van der Waals surface area contributed by atoms with Gasteiger partial charge in [-0.15, -0.1) is 0 Å². The molecule has 0 unspecified atom stereocenters. The SMILES string of the molecule is Fc1ccccc1Cc1ncccn1. The van der Waals surface area contributed by atoms with E-state index in [1.165, 1.54) is 6.07 Å². The molecule has 1 aromatic carbocycles. The van der Waals surface area contributed by atoms with Crippen LogP contribution in [0, 0.1) is 5.82 Å². The molecule has 0 amide bonds. The normalized spacial score (nSPS) is 10.1. The van der Waals surface area contributed by atoms with E-state index in [9.17, 15) is 4.39 Å². The van der Waals surface area contributed by atoms with E-state index >= 15 is 0 Å². The van der Waals surface area contributed by atoms with Crippen LogP contribution in [0.1, 0.15) is 11.4 Å². The highest BCUT2D eigenvalue weighted by Crippen LogP contribution is 2.09. The second kappa shape index (κ2) is 3.96. The summed E-state index contributed by atoms with van der Waals surface area (Å²) in [6.45, 7) is 0. The molecule has 0 atom stereocenters. The lowest BCUT2D eigenvalue weighted by Crippen LogP contribution is -1.97. The molecule has 0 N–H and O–H groups in total. The molecule has 2 rings (SSSR count). The molecule has 70 valence electrons. The van der Waals surface area contributed by atoms with Gasteiger partial charge in [-0.3, -0.25) is 0 Å². The van der Waals surface area contributed by atoms with E-state index in [1.807, 2.05) is 0 Å². The van der Waals surface area contributed by atoms with Crippen LogP contribution >= 0.6 is 0 Å². The Bertz CT molecular complexity index is 415. The predicted molar refractivity (Wildman–Crippen MR) is 51.2 cm³/mol. The van der Waals surface area contributed by atoms with E-state index < -0.39 is 0 Å². The molecule has 2 aromatic rings. The van der Waals surface area contributed by atoms with Crippen molar-refractivity contribution in [2.24, 2.45) is 0 Å². The van der Waals surface area contributed by atoms with Gasteiger partial charge in [0.15, 0.2) is 0 Å². The number of hydrogen-bond donors (Lipinski definition) is 0. The van der Waals surface area contributed by atoms with E-state index in [2.05, 4.69) is 9.97 Å². The zero-order valence-corrected chi connectivity index (χ0v) is 7.52. The van der Waals surface area contributed by atoms with Gasteiger partial charge in [0, 0.05) is 18.8 Å². The molecule has 0 fully saturated rings. The Morgan fingerprint density at radius 2 is 1.71 bits per heavy atom. The van der Waals surface area contributed by atoms with Crippen LogP contribution in [0.3, 0.4) is 0 Å². The maximum absolute atomic E-state index is 13.2. The van der Waals surface area contributed by atoms with Crippen molar-refractivity contribution in [2.45, 2.75) is 6.42 Å². The molecule has 0 radical (unpaired) electrons. The van der Waals surface area contributed by atoms with Gasteiger partial charge in [0.05, 0.1) is 0 Å². The lowest BCUT2D eigenvalue weighted by atomic mass is 10.1. The largest absolute Gasteiger partial charge is 0.241 e. The van der Waals surface area contributed by atoms with Crippen LogP contribution in [0.4, 0.5) is 4.39 Å². The number of aromatic nitrogens is 2. The van der Waals surface area contributed by atoms with Crippen LogP contribution in [0.2, 0.25) is 0 Å². The van der Waals surface area contributed by atoms with Crippen molar-refractivity contribution >= 4 is 0 Å². The molecule has 1 aromatic heterocycles. The Kier molecular flexibility index (Phi) is 2.49. The van der Waals surface area contributed by atoms with Crippen molar-refractivity contribution in [2.75, 3.05) is 0 Å². The van der Waals surface area contributed by atoms with E-state index in [-0.39, 0.29) is 5.82 Å². The molecule has 14 heavy (non-hydrogen) atoms. The summed E-state index contributed by atoms with van der Waals surface area (Å²) in [5.41, 5.74) is 0.624. The standard InChI is InChI=1S/C11H9FN2/c12-10-5-2-1-4-9(10)8-11-13-6-3-7-14-11/h1-7H,8H2. The molecule has 0 saturated carbocycles. The summed E-state index contributed by atoms with van der Waals surface area (Å²) in [6, 6.07) is 8.40. The van der Waals surface area contributed by atoms with Gasteiger partial charge in [-0.25, -0.2) is 14.4 Å². The minimum Gasteiger partial charge on any atom is -0.241 e. The smallest absolute Gasteiger partial charge is 0.132 e. The highest BCUT2D eigenvalue weighted by atomic mass is 19.1. The third kappa shape index (κ3) is 1.93. The summed E-state index contributed by atoms with van der Waals surface area (Å²) in [5.74, 6) is 0.428. The summed E-state index contributed by atoms with van der Waals surface area (Å²) in [6.07, 6.45) is 3.75. The van der Waals surface area contributed by atoms with Gasteiger partial charge in [0.1, 0.15) is 11.6 Å². The van der Waals surface area contributed by atoms with Crippen molar-refractivity contribution in [3.63, 3.8) is 0 Å². The molecule has 0 bridgehead atoms. The van der Waals surface area contributed by atoms with Crippen molar-refractivity contribution in [1.82, 2.24) is 9.97 Å². The zero-order valence-electron chi connectivity index (χ0n) is 7.52. The lowest BCUT2D eigenvalue weighted by Gasteiger charge is -2.00. The minimum absolute atomic E-state index is 0.208. The molecule has 3 heteroatoms. The van der Waals surface area contributed by atoms with Crippen LogP contribution in [-0.4, -0.2) is 9.97 Å². The number of benzene rings is 1. The summed E-state index contributed by atoms with van der Waals surface area (Å²) in [7, 11) is 0. The number of rotatable bonds is 2. The molecule has 2 nitrogen and oxygen atoms in total. The van der Waals surface area contributed by atoms with Gasteiger partial charge in [0.25, 0.3) is 0 Å². The first-order valence-electron chi connectivity index (χ1n) is 4.35. The molecular formula is C11H9FN2. The quantitative estimate of drug-likeness (QED) is 0.722. The van der Waals surface area contributed by atoms with Gasteiger partial charge in [-0.05, 0) is 17.7 Å². The molecular weight excluding hydrogens is 179 g/mol. The van der Waals surface area contributed by atoms with Gasteiger partial charge >= 0.3 is 0 Å². The van der Waals surface area contributed by atoms with E-state index in [0.29, 0.717) is 17.8 Å². The molecule has 0 saturated heterocycles. The van der Waals surface area contributed by atoms with Crippen LogP contribution in [0.25, 0.3) is 0 Å². The van der Waals surface area contributed by atoms with Gasteiger partial charge < -0.3 is 0 Å².